The molecule has 4 aromatic rings. The van der Waals surface area contributed by atoms with Crippen LogP contribution in [0.2, 0.25) is 5.04 Å². The first-order valence-electron chi connectivity index (χ1n) is 22.1. The summed E-state index contributed by atoms with van der Waals surface area (Å²) in [7, 11) is -5.72. The molecule has 3 fully saturated rings. The number of alkyl halides is 3. The molecule has 7 rings (SSSR count). The molecule has 0 bridgehead atoms. The van der Waals surface area contributed by atoms with Crippen LogP contribution in [0.25, 0.3) is 0 Å². The normalized spacial score (nSPS) is 20.0. The minimum absolute atomic E-state index is 0.00168. The second kappa shape index (κ2) is 20.2. The fourth-order valence-corrected chi connectivity index (χ4v) is 15.2. The predicted octanol–water partition coefficient (Wildman–Crippen LogP) is 5.69. The van der Waals surface area contributed by atoms with Crippen LogP contribution in [0.1, 0.15) is 47.8 Å². The molecule has 3 aliphatic rings. The lowest BCUT2D eigenvalue weighted by molar-refractivity contribution is -0.137. The van der Waals surface area contributed by atoms with Gasteiger partial charge in [0.25, 0.3) is 5.91 Å². The van der Waals surface area contributed by atoms with Crippen molar-refractivity contribution in [3.63, 3.8) is 0 Å². The summed E-state index contributed by atoms with van der Waals surface area (Å²) in [6.07, 6.45) is -4.54. The molecule has 0 saturated carbocycles. The summed E-state index contributed by atoms with van der Waals surface area (Å²) in [6.45, 7) is 14.2. The Morgan fingerprint density at radius 2 is 1.44 bits per heavy atom. The van der Waals surface area contributed by atoms with Gasteiger partial charge in [-0.25, -0.2) is 8.42 Å². The number of ether oxygens (including phenoxy) is 3. The third-order valence-electron chi connectivity index (χ3n) is 12.6. The molecule has 3 saturated heterocycles. The van der Waals surface area contributed by atoms with Crippen LogP contribution in [0.15, 0.2) is 102 Å². The molecular formula is C48H61F3N4O7SSi. The number of benzene rings is 4. The molecule has 0 radical (unpaired) electrons. The summed E-state index contributed by atoms with van der Waals surface area (Å²) in [5.41, 5.74) is 0.335. The van der Waals surface area contributed by atoms with E-state index in [4.69, 9.17) is 18.6 Å². The van der Waals surface area contributed by atoms with E-state index >= 15 is 0 Å². The van der Waals surface area contributed by atoms with Crippen LogP contribution < -0.4 is 14.8 Å². The van der Waals surface area contributed by atoms with Crippen LogP contribution in [0.5, 0.6) is 5.75 Å². The smallest absolute Gasteiger partial charge is 0.416 e. The fourth-order valence-electron chi connectivity index (χ4n) is 9.22. The molecule has 3 aliphatic heterocycles. The molecule has 3 heterocycles. The Morgan fingerprint density at radius 3 is 2.05 bits per heavy atom. The number of amides is 1. The SMILES string of the molecule is COC[C@@H]1CN(CCN2CCN(C(=O)c3cc(C(F)(F)F)cc(S(=O)(=O)N4CCOCC4)c3)[C@H](Cc3ccc(C)c(O[Si](c4ccccc4)(c4ccccc4)C(C)(C)C)c3)C2)CCO1. The number of piperazine rings is 1. The fraction of sp³-hybridized carbons (Fsp3) is 0.479. The van der Waals surface area contributed by atoms with Crippen molar-refractivity contribution in [2.24, 2.45) is 0 Å². The van der Waals surface area contributed by atoms with Gasteiger partial charge in [-0.2, -0.15) is 17.5 Å². The minimum atomic E-state index is -4.89. The molecule has 0 spiro atoms. The largest absolute Gasteiger partial charge is 0.534 e. The number of sulfonamides is 1. The van der Waals surface area contributed by atoms with Crippen molar-refractivity contribution in [3.05, 3.63) is 119 Å². The van der Waals surface area contributed by atoms with E-state index in [2.05, 4.69) is 60.9 Å². The molecule has 11 nitrogen and oxygen atoms in total. The van der Waals surface area contributed by atoms with Gasteiger partial charge in [-0.15, -0.1) is 0 Å². The quantitative estimate of drug-likeness (QED) is 0.148. The lowest BCUT2D eigenvalue weighted by Gasteiger charge is -2.44. The van der Waals surface area contributed by atoms with Crippen molar-refractivity contribution >= 4 is 34.6 Å². The third kappa shape index (κ3) is 10.8. The first-order chi connectivity index (χ1) is 30.5. The molecular weight excluding hydrogens is 862 g/mol. The lowest BCUT2D eigenvalue weighted by Crippen LogP contribution is -2.68. The van der Waals surface area contributed by atoms with Gasteiger partial charge >= 0.3 is 14.5 Å². The molecule has 0 aliphatic carbocycles. The van der Waals surface area contributed by atoms with Gasteiger partial charge in [0.15, 0.2) is 0 Å². The highest BCUT2D eigenvalue weighted by Crippen LogP contribution is 2.39. The lowest BCUT2D eigenvalue weighted by atomic mass is 9.99. The number of rotatable bonds is 14. The number of carbonyl (C=O) groups excluding carboxylic acids is 1. The number of carbonyl (C=O) groups is 1. The van der Waals surface area contributed by atoms with E-state index in [0.717, 1.165) is 63.3 Å². The molecule has 2 atom stereocenters. The number of morpholine rings is 2. The summed E-state index contributed by atoms with van der Waals surface area (Å²) in [5, 5.41) is 1.96. The highest BCUT2D eigenvalue weighted by molar-refractivity contribution is 7.89. The van der Waals surface area contributed by atoms with Crippen molar-refractivity contribution in [2.45, 2.75) is 62.4 Å². The molecule has 0 aromatic heterocycles. The van der Waals surface area contributed by atoms with Crippen molar-refractivity contribution in [2.75, 3.05) is 92.4 Å². The van der Waals surface area contributed by atoms with Crippen LogP contribution >= 0.6 is 0 Å². The summed E-state index contributed by atoms with van der Waals surface area (Å²) in [4.78, 5) is 20.4. The first-order valence-corrected chi connectivity index (χ1v) is 25.4. The van der Waals surface area contributed by atoms with Gasteiger partial charge in [-0.05, 0) is 64.1 Å². The van der Waals surface area contributed by atoms with Crippen molar-refractivity contribution in [3.8, 4) is 5.75 Å². The zero-order valence-electron chi connectivity index (χ0n) is 37.5. The molecule has 16 heteroatoms. The second-order valence-corrected chi connectivity index (χ2v) is 24.2. The maximum atomic E-state index is 14.7. The van der Waals surface area contributed by atoms with E-state index in [9.17, 15) is 26.4 Å². The Hall–Kier alpha value is -4.13. The highest BCUT2D eigenvalue weighted by Gasteiger charge is 2.52. The number of halogens is 3. The average Bonchev–Trinajstić information content (AvgIpc) is 3.28. The second-order valence-electron chi connectivity index (χ2n) is 18.0. The van der Waals surface area contributed by atoms with E-state index in [1.807, 2.05) is 55.5 Å². The van der Waals surface area contributed by atoms with Gasteiger partial charge < -0.3 is 23.5 Å². The van der Waals surface area contributed by atoms with Crippen LogP contribution in [0.4, 0.5) is 13.2 Å². The van der Waals surface area contributed by atoms with Crippen LogP contribution in [-0.2, 0) is 36.8 Å². The van der Waals surface area contributed by atoms with E-state index in [1.54, 1.807) is 12.0 Å². The summed E-state index contributed by atoms with van der Waals surface area (Å²) >= 11 is 0. The summed E-state index contributed by atoms with van der Waals surface area (Å²) < 4.78 is 96.1. The highest BCUT2D eigenvalue weighted by atomic mass is 32.2. The molecule has 4 aromatic carbocycles. The number of hydrogen-bond donors (Lipinski definition) is 0. The van der Waals surface area contributed by atoms with Crippen LogP contribution in [0.3, 0.4) is 0 Å². The van der Waals surface area contributed by atoms with Crippen LogP contribution in [-0.4, -0.2) is 146 Å². The molecule has 64 heavy (non-hydrogen) atoms. The van der Waals surface area contributed by atoms with Gasteiger partial charge in [0.2, 0.25) is 10.0 Å². The van der Waals surface area contributed by atoms with Crippen molar-refractivity contribution in [1.29, 1.82) is 0 Å². The average molecular weight is 923 g/mol. The van der Waals surface area contributed by atoms with Gasteiger partial charge in [0, 0.05) is 77.6 Å². The van der Waals surface area contributed by atoms with Gasteiger partial charge in [-0.3, -0.25) is 14.6 Å². The van der Waals surface area contributed by atoms with E-state index in [-0.39, 0.29) is 49.6 Å². The molecule has 346 valence electrons. The summed E-state index contributed by atoms with van der Waals surface area (Å²) in [6, 6.07) is 28.9. The topological polar surface area (TPSA) is 101 Å². The third-order valence-corrected chi connectivity index (χ3v) is 19.4. The zero-order valence-corrected chi connectivity index (χ0v) is 39.3. The summed E-state index contributed by atoms with van der Waals surface area (Å²) in [5.74, 6) is 0.0757. The van der Waals surface area contributed by atoms with E-state index in [1.165, 1.54) is 0 Å². The number of aryl methyl sites for hydroxylation is 1. The predicted molar refractivity (Wildman–Crippen MR) is 243 cm³/mol. The maximum Gasteiger partial charge on any atom is 0.416 e. The van der Waals surface area contributed by atoms with Crippen molar-refractivity contribution in [1.82, 2.24) is 19.0 Å². The molecule has 1 amide bonds. The van der Waals surface area contributed by atoms with E-state index < -0.39 is 46.9 Å². The van der Waals surface area contributed by atoms with Gasteiger partial charge in [0.1, 0.15) is 5.75 Å². The number of nitrogens with zero attached hydrogens (tertiary/aromatic N) is 4. The molecule has 0 unspecified atom stereocenters. The number of hydrogen-bond acceptors (Lipinski definition) is 9. The Morgan fingerprint density at radius 1 is 0.797 bits per heavy atom. The monoisotopic (exact) mass is 922 g/mol. The first kappa shape index (κ1) is 47.8. The zero-order chi connectivity index (χ0) is 45.7. The Labute approximate surface area is 377 Å². The van der Waals surface area contributed by atoms with Gasteiger partial charge in [-0.1, -0.05) is 93.6 Å². The Balaban J connectivity index is 1.23. The Bertz CT molecular complexity index is 2270. The molecule has 0 N–H and O–H groups in total. The van der Waals surface area contributed by atoms with Crippen LogP contribution in [0, 0.1) is 6.92 Å². The van der Waals surface area contributed by atoms with Gasteiger partial charge in [0.05, 0.1) is 43.0 Å². The maximum absolute atomic E-state index is 14.7. The van der Waals surface area contributed by atoms with Crippen molar-refractivity contribution < 1.29 is 45.0 Å². The van der Waals surface area contributed by atoms with E-state index in [0.29, 0.717) is 45.3 Å². The minimum Gasteiger partial charge on any atom is -0.534 e. The Kier molecular flexibility index (Phi) is 15.1. The standard InChI is InChI=1S/C48H61F3N4O7SSi/c1-36-16-17-37(29-45(36)62-64(47(2,3)4,43-12-8-6-9-13-43)44-14-10-7-11-15-44)28-40-33-52(18-19-53-22-27-61-41(34-53)35-59-5)20-21-55(40)46(56)38-30-39(48(49,50)51)32-42(31-38)63(57,58)54-23-25-60-26-24-54/h6-17,29-32,40-41H,18-28,33-35H2,1-5H3/t40-,41+/m1/s1. The number of methoxy groups -OCH3 is 1.